The maximum absolute atomic E-state index is 6.13. The molecule has 0 aromatic carbocycles. The van der Waals surface area contributed by atoms with Crippen LogP contribution >= 0.6 is 50.2 Å². The van der Waals surface area contributed by atoms with Gasteiger partial charge in [-0.05, 0) is 36.9 Å². The van der Waals surface area contributed by atoms with E-state index in [0.717, 1.165) is 5.02 Å². The lowest BCUT2D eigenvalue weighted by Crippen LogP contribution is -1.89. The Kier molecular flexibility index (Phi) is 3.56. The van der Waals surface area contributed by atoms with Gasteiger partial charge in [0.2, 0.25) is 0 Å². The first-order valence-corrected chi connectivity index (χ1v) is 7.52. The van der Waals surface area contributed by atoms with Crippen molar-refractivity contribution in [3.05, 3.63) is 42.7 Å². The predicted molar refractivity (Wildman–Crippen MR) is 73.9 cm³/mol. The summed E-state index contributed by atoms with van der Waals surface area (Å²) < 4.78 is 0. The molecule has 0 saturated carbocycles. The van der Waals surface area contributed by atoms with Crippen molar-refractivity contribution >= 4 is 50.2 Å². The van der Waals surface area contributed by atoms with Gasteiger partial charge in [-0.25, -0.2) is 0 Å². The summed E-state index contributed by atoms with van der Waals surface area (Å²) in [4.78, 5) is 4.13. The first kappa shape index (κ1) is 11.6. The van der Waals surface area contributed by atoms with Crippen LogP contribution in [-0.2, 0) is 0 Å². The fourth-order valence-corrected chi connectivity index (χ4v) is 4.98. The van der Waals surface area contributed by atoms with E-state index in [4.69, 9.17) is 11.6 Å². The lowest BCUT2D eigenvalue weighted by atomic mass is 10.1. The molecule has 0 nitrogen and oxygen atoms in total. The minimum atomic E-state index is 0.231. The quantitative estimate of drug-likeness (QED) is 0.635. The third kappa shape index (κ3) is 2.31. The molecule has 0 aliphatic rings. The molecule has 0 saturated heterocycles. The molecule has 80 valence electrons. The lowest BCUT2D eigenvalue weighted by molar-refractivity contribution is 1.21. The van der Waals surface area contributed by atoms with Crippen molar-refractivity contribution in [2.24, 2.45) is 0 Å². The van der Waals surface area contributed by atoms with Crippen LogP contribution in [0.3, 0.4) is 0 Å². The summed E-state index contributed by atoms with van der Waals surface area (Å²) in [6.45, 7) is 4.29. The highest BCUT2D eigenvalue weighted by Gasteiger charge is 2.18. The molecule has 0 spiro atoms. The van der Waals surface area contributed by atoms with E-state index < -0.39 is 0 Å². The van der Waals surface area contributed by atoms with Crippen LogP contribution in [0.25, 0.3) is 0 Å². The van der Waals surface area contributed by atoms with Crippen molar-refractivity contribution in [2.75, 3.05) is 0 Å². The van der Waals surface area contributed by atoms with Gasteiger partial charge in [-0.3, -0.25) is 0 Å². The zero-order valence-electron chi connectivity index (χ0n) is 8.38. The van der Waals surface area contributed by atoms with E-state index in [9.17, 15) is 0 Å². The van der Waals surface area contributed by atoms with E-state index in [1.54, 1.807) is 11.3 Å². The molecule has 0 radical (unpaired) electrons. The van der Waals surface area contributed by atoms with Crippen LogP contribution < -0.4 is 0 Å². The van der Waals surface area contributed by atoms with E-state index in [2.05, 4.69) is 35.8 Å². The minimum absolute atomic E-state index is 0.231. The summed E-state index contributed by atoms with van der Waals surface area (Å²) >= 11 is 13.4. The number of hydrogen-bond donors (Lipinski definition) is 0. The predicted octanol–water partition coefficient (Wildman–Crippen LogP) is 5.56. The van der Waals surface area contributed by atoms with Gasteiger partial charge in [-0.1, -0.05) is 27.5 Å². The van der Waals surface area contributed by atoms with Crippen molar-refractivity contribution in [2.45, 2.75) is 18.7 Å². The largest absolute Gasteiger partial charge is 0.146 e. The van der Waals surface area contributed by atoms with Crippen molar-refractivity contribution < 1.29 is 0 Å². The van der Waals surface area contributed by atoms with Crippen molar-refractivity contribution in [3.63, 3.8) is 0 Å². The molecule has 2 heterocycles. The number of hydrogen-bond acceptors (Lipinski definition) is 2. The Morgan fingerprint density at radius 2 is 2.13 bits per heavy atom. The zero-order chi connectivity index (χ0) is 11.0. The van der Waals surface area contributed by atoms with Gasteiger partial charge in [-0.15, -0.1) is 22.7 Å². The van der Waals surface area contributed by atoms with E-state index >= 15 is 0 Å². The van der Waals surface area contributed by atoms with Crippen LogP contribution in [0.1, 0.15) is 25.0 Å². The number of thiophene rings is 2. The third-order valence-electron chi connectivity index (χ3n) is 2.23. The van der Waals surface area contributed by atoms with Gasteiger partial charge >= 0.3 is 0 Å². The number of alkyl halides is 1. The Hall–Kier alpha value is 0.170. The highest BCUT2D eigenvalue weighted by molar-refractivity contribution is 9.09. The summed E-state index contributed by atoms with van der Waals surface area (Å²) in [5, 5.41) is 2.88. The van der Waals surface area contributed by atoms with E-state index in [0.29, 0.717) is 0 Å². The molecule has 0 bridgehead atoms. The monoisotopic (exact) mass is 320 g/mol. The third-order valence-corrected chi connectivity index (χ3v) is 5.89. The molecule has 0 amide bonds. The molecule has 1 atom stereocenters. The normalized spacial score (nSPS) is 13.1. The van der Waals surface area contributed by atoms with Crippen LogP contribution in [0.4, 0.5) is 0 Å². The van der Waals surface area contributed by atoms with Crippen molar-refractivity contribution in [1.29, 1.82) is 0 Å². The van der Waals surface area contributed by atoms with Gasteiger partial charge in [0.1, 0.15) is 0 Å². The van der Waals surface area contributed by atoms with Gasteiger partial charge < -0.3 is 0 Å². The Labute approximate surface area is 111 Å². The Morgan fingerprint density at radius 3 is 2.60 bits per heavy atom. The minimum Gasteiger partial charge on any atom is -0.146 e. The molecule has 0 N–H and O–H groups in total. The Balaban J connectivity index is 2.40. The molecule has 2 aromatic heterocycles. The molecule has 0 aliphatic carbocycles. The standard InChI is InChI=1S/C11H10BrClS2/c1-6-5-8(7(2)15-6)10(12)11-9(13)3-4-14-11/h3-5,10H,1-2H3. The summed E-state index contributed by atoms with van der Waals surface area (Å²) in [7, 11) is 0. The van der Waals surface area contributed by atoms with Gasteiger partial charge in [0.25, 0.3) is 0 Å². The lowest BCUT2D eigenvalue weighted by Gasteiger charge is -2.07. The molecule has 4 heteroatoms. The van der Waals surface area contributed by atoms with Crippen LogP contribution in [0.2, 0.25) is 5.02 Å². The molecule has 2 rings (SSSR count). The average molecular weight is 322 g/mol. The molecular formula is C11H10BrClS2. The van der Waals surface area contributed by atoms with Gasteiger partial charge in [-0.2, -0.15) is 0 Å². The highest BCUT2D eigenvalue weighted by Crippen LogP contribution is 2.41. The van der Waals surface area contributed by atoms with Gasteiger partial charge in [0.15, 0.2) is 0 Å². The first-order chi connectivity index (χ1) is 7.09. The first-order valence-electron chi connectivity index (χ1n) is 4.53. The van der Waals surface area contributed by atoms with Gasteiger partial charge in [0.05, 0.1) is 9.85 Å². The smallest absolute Gasteiger partial charge is 0.0763 e. The van der Waals surface area contributed by atoms with Crippen molar-refractivity contribution in [3.8, 4) is 0 Å². The van der Waals surface area contributed by atoms with Crippen molar-refractivity contribution in [1.82, 2.24) is 0 Å². The number of rotatable bonds is 2. The van der Waals surface area contributed by atoms with E-state index in [1.165, 1.54) is 20.2 Å². The highest BCUT2D eigenvalue weighted by atomic mass is 79.9. The molecule has 0 fully saturated rings. The molecule has 0 aliphatic heterocycles. The van der Waals surface area contributed by atoms with Crippen LogP contribution in [-0.4, -0.2) is 0 Å². The van der Waals surface area contributed by atoms with E-state index in [-0.39, 0.29) is 4.83 Å². The second-order valence-electron chi connectivity index (χ2n) is 3.36. The fourth-order valence-electron chi connectivity index (χ4n) is 1.53. The van der Waals surface area contributed by atoms with Crippen LogP contribution in [0, 0.1) is 13.8 Å². The van der Waals surface area contributed by atoms with Crippen LogP contribution in [0.5, 0.6) is 0 Å². The Morgan fingerprint density at radius 1 is 1.40 bits per heavy atom. The topological polar surface area (TPSA) is 0 Å². The number of halogens is 2. The average Bonchev–Trinajstić information content (AvgIpc) is 2.71. The summed E-state index contributed by atoms with van der Waals surface area (Å²) in [5.41, 5.74) is 1.34. The molecule has 15 heavy (non-hydrogen) atoms. The Bertz CT molecular complexity index is 473. The SMILES string of the molecule is Cc1cc(C(Br)c2sccc2Cl)c(C)s1. The summed E-state index contributed by atoms with van der Waals surface area (Å²) in [5.74, 6) is 0. The number of aryl methyl sites for hydroxylation is 2. The summed E-state index contributed by atoms with van der Waals surface area (Å²) in [6, 6.07) is 4.18. The summed E-state index contributed by atoms with van der Waals surface area (Å²) in [6.07, 6.45) is 0. The molecule has 1 unspecified atom stereocenters. The fraction of sp³-hybridized carbons (Fsp3) is 0.273. The zero-order valence-corrected chi connectivity index (χ0v) is 12.4. The maximum Gasteiger partial charge on any atom is 0.0763 e. The molecule has 2 aromatic rings. The van der Waals surface area contributed by atoms with E-state index in [1.807, 2.05) is 22.8 Å². The second kappa shape index (κ2) is 4.58. The molecular weight excluding hydrogens is 312 g/mol. The second-order valence-corrected chi connectivity index (χ2v) is 7.09. The van der Waals surface area contributed by atoms with Crippen LogP contribution in [0.15, 0.2) is 17.5 Å². The maximum atomic E-state index is 6.13. The van der Waals surface area contributed by atoms with Gasteiger partial charge in [0, 0.05) is 14.6 Å².